The lowest BCUT2D eigenvalue weighted by Crippen LogP contribution is -2.36. The fraction of sp³-hybridized carbons (Fsp3) is 0.636. The standard InChI is InChI=1S/C11H20N4OS2/c1-11(2,18-17-5)7-13-10(16)9-14-8(12-3)6-15(9)4/h6,12H,7H2,1-5H3,(H,13,16). The summed E-state index contributed by atoms with van der Waals surface area (Å²) >= 11 is 0. The molecule has 7 heteroatoms. The average Bonchev–Trinajstić information content (AvgIpc) is 2.68. The van der Waals surface area contributed by atoms with Crippen LogP contribution in [-0.2, 0) is 7.05 Å². The van der Waals surface area contributed by atoms with Crippen molar-refractivity contribution in [3.63, 3.8) is 0 Å². The van der Waals surface area contributed by atoms with E-state index in [9.17, 15) is 4.79 Å². The Labute approximate surface area is 116 Å². The molecule has 0 spiro atoms. The number of aromatic nitrogens is 2. The summed E-state index contributed by atoms with van der Waals surface area (Å²) < 4.78 is 1.72. The van der Waals surface area contributed by atoms with Gasteiger partial charge in [0.25, 0.3) is 5.91 Å². The number of carbonyl (C=O) groups is 1. The molecule has 0 aliphatic rings. The number of nitrogens with zero attached hydrogens (tertiary/aromatic N) is 2. The number of nitrogens with one attached hydrogen (secondary N) is 2. The lowest BCUT2D eigenvalue weighted by atomic mass is 10.2. The number of anilines is 1. The second kappa shape index (κ2) is 6.38. The Morgan fingerprint density at radius 1 is 1.56 bits per heavy atom. The highest BCUT2D eigenvalue weighted by molar-refractivity contribution is 8.76. The molecular formula is C11H20N4OS2. The first-order chi connectivity index (χ1) is 8.39. The summed E-state index contributed by atoms with van der Waals surface area (Å²) in [5.74, 6) is 0.971. The quantitative estimate of drug-likeness (QED) is 0.784. The molecule has 0 bridgehead atoms. The van der Waals surface area contributed by atoms with E-state index in [1.54, 1.807) is 39.4 Å². The van der Waals surface area contributed by atoms with E-state index in [2.05, 4.69) is 29.5 Å². The van der Waals surface area contributed by atoms with Gasteiger partial charge < -0.3 is 15.2 Å². The normalized spacial score (nSPS) is 11.4. The Bertz CT molecular complexity index is 417. The van der Waals surface area contributed by atoms with E-state index in [0.717, 1.165) is 0 Å². The number of aryl methyl sites for hydroxylation is 1. The van der Waals surface area contributed by atoms with Crippen molar-refractivity contribution >= 4 is 33.3 Å². The first-order valence-corrected chi connectivity index (χ1v) is 8.16. The molecule has 102 valence electrons. The van der Waals surface area contributed by atoms with Crippen molar-refractivity contribution in [3.8, 4) is 0 Å². The van der Waals surface area contributed by atoms with Crippen LogP contribution in [-0.4, -0.2) is 40.1 Å². The van der Waals surface area contributed by atoms with Crippen LogP contribution < -0.4 is 10.6 Å². The van der Waals surface area contributed by atoms with Crippen LogP contribution in [0.25, 0.3) is 0 Å². The summed E-state index contributed by atoms with van der Waals surface area (Å²) in [6.45, 7) is 4.82. The Morgan fingerprint density at radius 3 is 2.72 bits per heavy atom. The van der Waals surface area contributed by atoms with Gasteiger partial charge in [-0.3, -0.25) is 4.79 Å². The molecule has 0 unspecified atom stereocenters. The van der Waals surface area contributed by atoms with E-state index in [1.807, 2.05) is 13.3 Å². The third kappa shape index (κ3) is 4.13. The van der Waals surface area contributed by atoms with E-state index < -0.39 is 0 Å². The summed E-state index contributed by atoms with van der Waals surface area (Å²) in [7, 11) is 7.04. The second-order valence-electron chi connectivity index (χ2n) is 4.50. The molecule has 2 N–H and O–H groups in total. The molecule has 1 aromatic heterocycles. The molecule has 0 aromatic carbocycles. The van der Waals surface area contributed by atoms with Crippen molar-refractivity contribution in [1.82, 2.24) is 14.9 Å². The molecular weight excluding hydrogens is 268 g/mol. The Morgan fingerprint density at radius 2 is 2.22 bits per heavy atom. The minimum Gasteiger partial charge on any atom is -0.372 e. The molecule has 1 rings (SSSR count). The van der Waals surface area contributed by atoms with Gasteiger partial charge >= 0.3 is 0 Å². The zero-order valence-corrected chi connectivity index (χ0v) is 13.0. The lowest BCUT2D eigenvalue weighted by Gasteiger charge is -2.22. The molecule has 0 saturated heterocycles. The molecule has 1 amide bonds. The maximum Gasteiger partial charge on any atom is 0.287 e. The largest absolute Gasteiger partial charge is 0.372 e. The fourth-order valence-corrected chi connectivity index (χ4v) is 3.54. The number of imidazole rings is 1. The van der Waals surface area contributed by atoms with Crippen LogP contribution in [0.15, 0.2) is 6.20 Å². The molecule has 0 saturated carbocycles. The molecule has 18 heavy (non-hydrogen) atoms. The van der Waals surface area contributed by atoms with Gasteiger partial charge in [-0.25, -0.2) is 4.98 Å². The molecule has 0 atom stereocenters. The van der Waals surface area contributed by atoms with E-state index in [4.69, 9.17) is 0 Å². The highest BCUT2D eigenvalue weighted by Crippen LogP contribution is 2.32. The highest BCUT2D eigenvalue weighted by Gasteiger charge is 2.21. The Balaban J connectivity index is 2.62. The third-order valence-corrected chi connectivity index (χ3v) is 4.93. The van der Waals surface area contributed by atoms with E-state index in [0.29, 0.717) is 18.2 Å². The first-order valence-electron chi connectivity index (χ1n) is 5.61. The summed E-state index contributed by atoms with van der Waals surface area (Å²) in [4.78, 5) is 16.2. The van der Waals surface area contributed by atoms with Crippen LogP contribution in [0.5, 0.6) is 0 Å². The van der Waals surface area contributed by atoms with E-state index in [-0.39, 0.29) is 10.7 Å². The summed E-state index contributed by atoms with van der Waals surface area (Å²) in [6, 6.07) is 0. The van der Waals surface area contributed by atoms with Crippen molar-refractivity contribution in [2.24, 2.45) is 7.05 Å². The average molecular weight is 288 g/mol. The van der Waals surface area contributed by atoms with E-state index in [1.165, 1.54) is 0 Å². The van der Waals surface area contributed by atoms with Crippen molar-refractivity contribution in [2.75, 3.05) is 25.2 Å². The lowest BCUT2D eigenvalue weighted by molar-refractivity contribution is 0.0937. The summed E-state index contributed by atoms with van der Waals surface area (Å²) in [6.07, 6.45) is 3.82. The number of hydrogen-bond acceptors (Lipinski definition) is 5. The molecule has 5 nitrogen and oxygen atoms in total. The van der Waals surface area contributed by atoms with Crippen molar-refractivity contribution < 1.29 is 4.79 Å². The Kier molecular flexibility index (Phi) is 5.40. The fourth-order valence-electron chi connectivity index (χ4n) is 1.43. The van der Waals surface area contributed by atoms with Gasteiger partial charge in [0.15, 0.2) is 0 Å². The zero-order chi connectivity index (χ0) is 13.8. The van der Waals surface area contributed by atoms with E-state index >= 15 is 0 Å². The number of hydrogen-bond donors (Lipinski definition) is 2. The van der Waals surface area contributed by atoms with Crippen LogP contribution >= 0.6 is 21.6 Å². The minimum atomic E-state index is -0.145. The van der Waals surface area contributed by atoms with Gasteiger partial charge in [0.1, 0.15) is 5.82 Å². The van der Waals surface area contributed by atoms with Gasteiger partial charge in [-0.2, -0.15) is 0 Å². The van der Waals surface area contributed by atoms with Gasteiger partial charge in [-0.15, -0.1) is 0 Å². The monoisotopic (exact) mass is 288 g/mol. The molecule has 0 fully saturated rings. The summed E-state index contributed by atoms with van der Waals surface area (Å²) in [5, 5.41) is 5.83. The van der Waals surface area contributed by atoms with Crippen LogP contribution in [0.2, 0.25) is 0 Å². The van der Waals surface area contributed by atoms with Gasteiger partial charge in [0, 0.05) is 31.6 Å². The maximum absolute atomic E-state index is 12.0. The third-order valence-electron chi connectivity index (χ3n) is 2.32. The predicted octanol–water partition coefficient (Wildman–Crippen LogP) is 1.98. The number of amides is 1. The van der Waals surface area contributed by atoms with Gasteiger partial charge in [0.2, 0.25) is 5.82 Å². The van der Waals surface area contributed by atoms with Gasteiger partial charge in [0.05, 0.1) is 0 Å². The number of rotatable bonds is 6. The smallest absolute Gasteiger partial charge is 0.287 e. The molecule has 1 aromatic rings. The highest BCUT2D eigenvalue weighted by atomic mass is 33.1. The maximum atomic E-state index is 12.0. The molecule has 0 aliphatic heterocycles. The van der Waals surface area contributed by atoms with Gasteiger partial charge in [-0.05, 0) is 20.1 Å². The minimum absolute atomic E-state index is 0.00603. The molecule has 0 radical (unpaired) electrons. The van der Waals surface area contributed by atoms with Crippen LogP contribution in [0.1, 0.15) is 24.5 Å². The van der Waals surface area contributed by atoms with Gasteiger partial charge in [-0.1, -0.05) is 21.6 Å². The topological polar surface area (TPSA) is 59.0 Å². The summed E-state index contributed by atoms with van der Waals surface area (Å²) in [5.41, 5.74) is 0. The Hall–Kier alpha value is -0.820. The van der Waals surface area contributed by atoms with Crippen LogP contribution in [0.4, 0.5) is 5.82 Å². The molecule has 1 heterocycles. The van der Waals surface area contributed by atoms with Crippen LogP contribution in [0, 0.1) is 0 Å². The van der Waals surface area contributed by atoms with Crippen LogP contribution in [0.3, 0.4) is 0 Å². The SMILES string of the molecule is CNc1cn(C)c(C(=O)NCC(C)(C)SSC)n1. The zero-order valence-electron chi connectivity index (χ0n) is 11.4. The number of carbonyl (C=O) groups excluding carboxylic acids is 1. The second-order valence-corrected chi connectivity index (χ2v) is 7.61. The van der Waals surface area contributed by atoms with Crippen molar-refractivity contribution in [1.29, 1.82) is 0 Å². The van der Waals surface area contributed by atoms with Crippen molar-refractivity contribution in [3.05, 3.63) is 12.0 Å². The first kappa shape index (κ1) is 15.2. The molecule has 0 aliphatic carbocycles. The predicted molar refractivity (Wildman–Crippen MR) is 80.3 cm³/mol. The van der Waals surface area contributed by atoms with Crippen molar-refractivity contribution in [2.45, 2.75) is 18.6 Å².